The predicted molar refractivity (Wildman–Crippen MR) is 118 cm³/mol. The molecule has 1 amide bonds. The second kappa shape index (κ2) is 8.41. The first-order chi connectivity index (χ1) is 14.5. The summed E-state index contributed by atoms with van der Waals surface area (Å²) >= 11 is 0. The fourth-order valence-corrected chi connectivity index (χ4v) is 3.28. The minimum Gasteiger partial charge on any atom is -0.497 e. The third-order valence-electron chi connectivity index (χ3n) is 5.02. The smallest absolute Gasteiger partial charge is 0.255 e. The van der Waals surface area contributed by atoms with Gasteiger partial charge in [-0.1, -0.05) is 38.1 Å². The highest BCUT2D eigenvalue weighted by Crippen LogP contribution is 2.23. The maximum Gasteiger partial charge on any atom is 0.255 e. The van der Waals surface area contributed by atoms with Crippen LogP contribution in [0.15, 0.2) is 71.1 Å². The average molecular weight is 400 g/mol. The van der Waals surface area contributed by atoms with Gasteiger partial charge in [0.1, 0.15) is 11.3 Å². The molecule has 0 saturated carbocycles. The van der Waals surface area contributed by atoms with Crippen LogP contribution in [-0.4, -0.2) is 18.0 Å². The van der Waals surface area contributed by atoms with Crippen molar-refractivity contribution in [2.45, 2.75) is 26.2 Å². The lowest BCUT2D eigenvalue weighted by molar-refractivity contribution is 0.102. The van der Waals surface area contributed by atoms with Gasteiger partial charge < -0.3 is 14.5 Å². The van der Waals surface area contributed by atoms with Gasteiger partial charge >= 0.3 is 0 Å². The van der Waals surface area contributed by atoms with E-state index in [9.17, 15) is 4.79 Å². The van der Waals surface area contributed by atoms with E-state index >= 15 is 0 Å². The maximum atomic E-state index is 12.4. The van der Waals surface area contributed by atoms with E-state index in [-0.39, 0.29) is 5.91 Å². The summed E-state index contributed by atoms with van der Waals surface area (Å²) in [7, 11) is 1.58. The van der Waals surface area contributed by atoms with E-state index in [1.54, 1.807) is 31.4 Å². The summed E-state index contributed by atoms with van der Waals surface area (Å²) in [6, 6.07) is 20.9. The third-order valence-corrected chi connectivity index (χ3v) is 5.02. The van der Waals surface area contributed by atoms with Crippen LogP contribution >= 0.6 is 0 Å². The zero-order chi connectivity index (χ0) is 21.1. The average Bonchev–Trinajstić information content (AvgIpc) is 3.16. The van der Waals surface area contributed by atoms with Crippen LogP contribution in [0.5, 0.6) is 5.75 Å². The summed E-state index contributed by atoms with van der Waals surface area (Å²) in [5, 5.41) is 2.91. The molecule has 0 unspecified atom stereocenters. The van der Waals surface area contributed by atoms with Gasteiger partial charge in [-0.2, -0.15) is 0 Å². The number of anilines is 1. The number of rotatable bonds is 6. The number of ether oxygens (including phenoxy) is 1. The molecule has 0 radical (unpaired) electrons. The van der Waals surface area contributed by atoms with Gasteiger partial charge in [0.15, 0.2) is 11.5 Å². The molecule has 0 saturated heterocycles. The first-order valence-corrected chi connectivity index (χ1v) is 9.95. The third kappa shape index (κ3) is 4.35. The zero-order valence-electron chi connectivity index (χ0n) is 17.3. The van der Waals surface area contributed by atoms with E-state index in [4.69, 9.17) is 9.15 Å². The molecule has 5 heteroatoms. The van der Waals surface area contributed by atoms with Gasteiger partial charge in [0.25, 0.3) is 5.91 Å². The molecule has 1 heterocycles. The monoisotopic (exact) mass is 400 g/mol. The number of hydrogen-bond donors (Lipinski definition) is 1. The summed E-state index contributed by atoms with van der Waals surface area (Å²) in [6.07, 6.45) is 0.593. The zero-order valence-corrected chi connectivity index (χ0v) is 17.3. The maximum absolute atomic E-state index is 12.4. The molecule has 0 atom stereocenters. The molecule has 30 heavy (non-hydrogen) atoms. The molecule has 1 aromatic heterocycles. The van der Waals surface area contributed by atoms with Crippen molar-refractivity contribution in [1.82, 2.24) is 4.98 Å². The van der Waals surface area contributed by atoms with E-state index in [1.807, 2.05) is 30.3 Å². The van der Waals surface area contributed by atoms with Crippen LogP contribution < -0.4 is 10.1 Å². The minimum atomic E-state index is -0.179. The lowest BCUT2D eigenvalue weighted by atomic mass is 10.0. The molecular weight excluding hydrogens is 376 g/mol. The number of methoxy groups -OCH3 is 1. The van der Waals surface area contributed by atoms with Gasteiger partial charge in [-0.3, -0.25) is 4.79 Å². The van der Waals surface area contributed by atoms with Crippen molar-refractivity contribution in [3.05, 3.63) is 89.3 Å². The molecule has 0 aliphatic heterocycles. The normalized spacial score (nSPS) is 11.1. The van der Waals surface area contributed by atoms with E-state index in [1.165, 1.54) is 5.56 Å². The number of fused-ring (bicyclic) bond motifs is 1. The summed E-state index contributed by atoms with van der Waals surface area (Å²) < 4.78 is 11.1. The van der Waals surface area contributed by atoms with E-state index in [2.05, 4.69) is 36.3 Å². The quantitative estimate of drug-likeness (QED) is 0.444. The fraction of sp³-hybridized carbons (Fsp3) is 0.200. The van der Waals surface area contributed by atoms with Crippen LogP contribution in [0.3, 0.4) is 0 Å². The van der Waals surface area contributed by atoms with Crippen molar-refractivity contribution in [2.75, 3.05) is 12.4 Å². The molecule has 0 bridgehead atoms. The largest absolute Gasteiger partial charge is 0.497 e. The van der Waals surface area contributed by atoms with Crippen LogP contribution in [0.2, 0.25) is 0 Å². The Labute approximate surface area is 175 Å². The Balaban J connectivity index is 1.44. The molecular formula is C25H24N2O3. The molecule has 0 aliphatic rings. The van der Waals surface area contributed by atoms with Crippen LogP contribution in [-0.2, 0) is 6.42 Å². The second-order valence-electron chi connectivity index (χ2n) is 7.55. The highest BCUT2D eigenvalue weighted by atomic mass is 16.5. The van der Waals surface area contributed by atoms with E-state index in [0.29, 0.717) is 29.5 Å². The second-order valence-corrected chi connectivity index (χ2v) is 7.55. The fourth-order valence-electron chi connectivity index (χ4n) is 3.28. The molecule has 4 aromatic rings. The van der Waals surface area contributed by atoms with Crippen molar-refractivity contribution in [2.24, 2.45) is 0 Å². The Bertz CT molecular complexity index is 1180. The number of benzene rings is 3. The number of nitrogens with zero attached hydrogens (tertiary/aromatic N) is 1. The van der Waals surface area contributed by atoms with E-state index in [0.717, 1.165) is 22.4 Å². The topological polar surface area (TPSA) is 64.4 Å². The number of carbonyl (C=O) groups is 1. The molecule has 1 N–H and O–H groups in total. The van der Waals surface area contributed by atoms with Crippen LogP contribution in [0.25, 0.3) is 11.1 Å². The van der Waals surface area contributed by atoms with Gasteiger partial charge in [0.05, 0.1) is 7.11 Å². The Morgan fingerprint density at radius 1 is 1.07 bits per heavy atom. The summed E-state index contributed by atoms with van der Waals surface area (Å²) in [4.78, 5) is 17.1. The van der Waals surface area contributed by atoms with Crippen molar-refractivity contribution in [3.8, 4) is 5.75 Å². The Hall–Kier alpha value is -3.60. The lowest BCUT2D eigenvalue weighted by Gasteiger charge is -2.07. The number of hydrogen-bond acceptors (Lipinski definition) is 4. The molecule has 3 aromatic carbocycles. The summed E-state index contributed by atoms with van der Waals surface area (Å²) in [5.41, 5.74) is 5.27. The molecule has 5 nitrogen and oxygen atoms in total. The van der Waals surface area contributed by atoms with Crippen LogP contribution in [0.4, 0.5) is 5.69 Å². The van der Waals surface area contributed by atoms with Crippen LogP contribution in [0, 0.1) is 0 Å². The molecule has 0 aliphatic carbocycles. The van der Waals surface area contributed by atoms with Gasteiger partial charge in [-0.25, -0.2) is 4.98 Å². The van der Waals surface area contributed by atoms with Crippen molar-refractivity contribution in [3.63, 3.8) is 0 Å². The molecule has 0 spiro atoms. The van der Waals surface area contributed by atoms with E-state index < -0.39 is 0 Å². The van der Waals surface area contributed by atoms with Crippen molar-refractivity contribution >= 4 is 22.7 Å². The minimum absolute atomic E-state index is 0.179. The molecule has 152 valence electrons. The molecule has 4 rings (SSSR count). The summed E-state index contributed by atoms with van der Waals surface area (Å²) in [6.45, 7) is 4.33. The number of oxazole rings is 1. The Morgan fingerprint density at radius 2 is 1.87 bits per heavy atom. The lowest BCUT2D eigenvalue weighted by Crippen LogP contribution is -2.11. The Morgan fingerprint density at radius 3 is 2.60 bits per heavy atom. The van der Waals surface area contributed by atoms with Gasteiger partial charge in [0, 0.05) is 17.7 Å². The first kappa shape index (κ1) is 19.7. The van der Waals surface area contributed by atoms with Gasteiger partial charge in [-0.15, -0.1) is 0 Å². The molecule has 0 fully saturated rings. The van der Waals surface area contributed by atoms with Crippen molar-refractivity contribution < 1.29 is 13.9 Å². The number of amides is 1. The Kier molecular flexibility index (Phi) is 5.53. The standard InChI is InChI=1S/C25H24N2O3/c1-16(2)18-9-12-23-22(15-18)27-24(30-23)13-17-7-10-20(11-8-17)26-25(28)19-5-4-6-21(14-19)29-3/h4-12,14-16H,13H2,1-3H3,(H,26,28). The summed E-state index contributed by atoms with van der Waals surface area (Å²) in [5.74, 6) is 1.60. The van der Waals surface area contributed by atoms with Crippen molar-refractivity contribution in [1.29, 1.82) is 0 Å². The van der Waals surface area contributed by atoms with Gasteiger partial charge in [-0.05, 0) is 59.5 Å². The SMILES string of the molecule is COc1cccc(C(=O)Nc2ccc(Cc3nc4cc(C(C)C)ccc4o3)cc2)c1. The number of carbonyl (C=O) groups excluding carboxylic acids is 1. The van der Waals surface area contributed by atoms with Gasteiger partial charge in [0.2, 0.25) is 0 Å². The first-order valence-electron chi connectivity index (χ1n) is 9.95. The number of aromatic nitrogens is 1. The number of nitrogens with one attached hydrogen (secondary N) is 1. The van der Waals surface area contributed by atoms with Crippen LogP contribution in [0.1, 0.15) is 47.1 Å². The highest BCUT2D eigenvalue weighted by Gasteiger charge is 2.10. The predicted octanol–water partition coefficient (Wildman–Crippen LogP) is 5.80. The highest BCUT2D eigenvalue weighted by molar-refractivity contribution is 6.04.